The second kappa shape index (κ2) is 8.02. The summed E-state index contributed by atoms with van der Waals surface area (Å²) in [5.74, 6) is -0.302. The van der Waals surface area contributed by atoms with E-state index in [1.54, 1.807) is 33.2 Å². The molecule has 0 saturated heterocycles. The molecule has 0 fully saturated rings. The Labute approximate surface area is 135 Å². The highest BCUT2D eigenvalue weighted by atomic mass is 16.5. The van der Waals surface area contributed by atoms with Gasteiger partial charge in [-0.15, -0.1) is 0 Å². The lowest BCUT2D eigenvalue weighted by atomic mass is 10.2. The van der Waals surface area contributed by atoms with E-state index in [1.807, 2.05) is 18.3 Å². The number of hydrogen-bond acceptors (Lipinski definition) is 5. The van der Waals surface area contributed by atoms with Crippen molar-refractivity contribution < 1.29 is 19.1 Å². The summed E-state index contributed by atoms with van der Waals surface area (Å²) in [5.41, 5.74) is 6.40. The molecule has 1 aromatic carbocycles. The number of rotatable bonds is 6. The first kappa shape index (κ1) is 18.3. The molecule has 1 atom stereocenters. The van der Waals surface area contributed by atoms with Crippen LogP contribution in [0.15, 0.2) is 18.2 Å². The standard InChI is InChI=1S/C15H22N4O4/c1-9-5-6-11(17-10(2)14(21)18-15(16)22)12(7-9)23-8-13(20)19(3)4/h5-7,10,17H,8H2,1-4H3,(H3,16,18,21,22)/t10-/m0/s1. The molecule has 0 aliphatic rings. The summed E-state index contributed by atoms with van der Waals surface area (Å²) in [6.45, 7) is 3.34. The van der Waals surface area contributed by atoms with Crippen molar-refractivity contribution in [2.24, 2.45) is 5.73 Å². The normalized spacial score (nSPS) is 11.3. The minimum Gasteiger partial charge on any atom is -0.482 e. The summed E-state index contributed by atoms with van der Waals surface area (Å²) in [5, 5.41) is 4.92. The molecule has 0 bridgehead atoms. The number of carbonyl (C=O) groups excluding carboxylic acids is 3. The highest BCUT2D eigenvalue weighted by Gasteiger charge is 2.17. The molecule has 126 valence electrons. The van der Waals surface area contributed by atoms with Crippen molar-refractivity contribution in [3.8, 4) is 5.75 Å². The zero-order valence-electron chi connectivity index (χ0n) is 13.7. The van der Waals surface area contributed by atoms with E-state index in [0.717, 1.165) is 5.56 Å². The van der Waals surface area contributed by atoms with Crippen molar-refractivity contribution in [3.63, 3.8) is 0 Å². The molecule has 0 heterocycles. The zero-order valence-corrected chi connectivity index (χ0v) is 13.7. The van der Waals surface area contributed by atoms with Crippen LogP contribution >= 0.6 is 0 Å². The number of hydrogen-bond donors (Lipinski definition) is 3. The number of benzene rings is 1. The molecule has 0 unspecified atom stereocenters. The van der Waals surface area contributed by atoms with Gasteiger partial charge in [0.1, 0.15) is 11.8 Å². The average Bonchev–Trinajstić information content (AvgIpc) is 2.45. The molecular weight excluding hydrogens is 300 g/mol. The van der Waals surface area contributed by atoms with Crippen molar-refractivity contribution in [1.29, 1.82) is 0 Å². The maximum atomic E-state index is 11.7. The van der Waals surface area contributed by atoms with E-state index >= 15 is 0 Å². The van der Waals surface area contributed by atoms with E-state index in [4.69, 9.17) is 10.5 Å². The van der Waals surface area contributed by atoms with Crippen molar-refractivity contribution in [3.05, 3.63) is 23.8 Å². The van der Waals surface area contributed by atoms with E-state index < -0.39 is 18.0 Å². The lowest BCUT2D eigenvalue weighted by Gasteiger charge is -2.18. The van der Waals surface area contributed by atoms with Crippen LogP contribution in [-0.2, 0) is 9.59 Å². The topological polar surface area (TPSA) is 114 Å². The summed E-state index contributed by atoms with van der Waals surface area (Å²) >= 11 is 0. The van der Waals surface area contributed by atoms with Gasteiger partial charge in [-0.3, -0.25) is 14.9 Å². The molecule has 0 saturated carbocycles. The molecule has 1 aromatic rings. The summed E-state index contributed by atoms with van der Waals surface area (Å²) in [7, 11) is 3.27. The number of urea groups is 1. The second-order valence-electron chi connectivity index (χ2n) is 5.30. The van der Waals surface area contributed by atoms with Gasteiger partial charge in [0.15, 0.2) is 6.61 Å². The van der Waals surface area contributed by atoms with E-state index in [9.17, 15) is 14.4 Å². The van der Waals surface area contributed by atoms with E-state index in [2.05, 4.69) is 5.32 Å². The Hall–Kier alpha value is -2.77. The van der Waals surface area contributed by atoms with Crippen LogP contribution in [0.5, 0.6) is 5.75 Å². The molecule has 0 aromatic heterocycles. The minimum atomic E-state index is -0.916. The fourth-order valence-electron chi connectivity index (χ4n) is 1.67. The molecular formula is C15H22N4O4. The minimum absolute atomic E-state index is 0.118. The van der Waals surface area contributed by atoms with E-state index in [-0.39, 0.29) is 12.5 Å². The second-order valence-corrected chi connectivity index (χ2v) is 5.30. The van der Waals surface area contributed by atoms with Crippen LogP contribution in [0.4, 0.5) is 10.5 Å². The predicted octanol–water partition coefficient (Wildman–Crippen LogP) is 0.457. The number of nitrogens with zero attached hydrogens (tertiary/aromatic N) is 1. The SMILES string of the molecule is Cc1ccc(N[C@@H](C)C(=O)NC(N)=O)c(OCC(=O)N(C)C)c1. The van der Waals surface area contributed by atoms with Gasteiger partial charge in [-0.2, -0.15) is 0 Å². The van der Waals surface area contributed by atoms with Crippen LogP contribution in [0.25, 0.3) is 0 Å². The first-order valence-corrected chi connectivity index (χ1v) is 7.01. The van der Waals surface area contributed by atoms with Gasteiger partial charge in [0, 0.05) is 14.1 Å². The Balaban J connectivity index is 2.83. The Morgan fingerprint density at radius 2 is 1.96 bits per heavy atom. The van der Waals surface area contributed by atoms with Crippen LogP contribution in [0.3, 0.4) is 0 Å². The monoisotopic (exact) mass is 322 g/mol. The maximum Gasteiger partial charge on any atom is 0.318 e. The van der Waals surface area contributed by atoms with E-state index in [1.165, 1.54) is 4.90 Å². The third-order valence-electron chi connectivity index (χ3n) is 3.00. The summed E-state index contributed by atoms with van der Waals surface area (Å²) in [6, 6.07) is 3.70. The number of anilines is 1. The fourth-order valence-corrected chi connectivity index (χ4v) is 1.67. The Morgan fingerprint density at radius 3 is 2.52 bits per heavy atom. The number of ether oxygens (including phenoxy) is 1. The highest BCUT2D eigenvalue weighted by Crippen LogP contribution is 2.26. The van der Waals surface area contributed by atoms with Crippen LogP contribution in [0.1, 0.15) is 12.5 Å². The average molecular weight is 322 g/mol. The van der Waals surface area contributed by atoms with Crippen molar-refractivity contribution in [2.75, 3.05) is 26.0 Å². The molecule has 8 heteroatoms. The summed E-state index contributed by atoms with van der Waals surface area (Å²) < 4.78 is 5.53. The molecule has 0 spiro atoms. The zero-order chi connectivity index (χ0) is 17.6. The number of likely N-dealkylation sites (N-methyl/N-ethyl adjacent to an activating group) is 1. The maximum absolute atomic E-state index is 11.7. The van der Waals surface area contributed by atoms with Crippen LogP contribution in [-0.4, -0.2) is 49.5 Å². The summed E-state index contributed by atoms with van der Waals surface area (Å²) in [6.07, 6.45) is 0. The molecule has 4 amide bonds. The number of carbonyl (C=O) groups is 3. The Kier molecular flexibility index (Phi) is 6.37. The smallest absolute Gasteiger partial charge is 0.318 e. The quantitative estimate of drug-likeness (QED) is 0.704. The number of imide groups is 1. The molecule has 0 radical (unpaired) electrons. The lowest BCUT2D eigenvalue weighted by molar-refractivity contribution is -0.130. The van der Waals surface area contributed by atoms with Gasteiger partial charge in [-0.1, -0.05) is 6.07 Å². The number of amides is 4. The molecule has 1 rings (SSSR count). The van der Waals surface area contributed by atoms with Crippen LogP contribution in [0.2, 0.25) is 0 Å². The van der Waals surface area contributed by atoms with Crippen LogP contribution < -0.4 is 21.1 Å². The number of nitrogens with one attached hydrogen (secondary N) is 2. The number of nitrogens with two attached hydrogens (primary N) is 1. The number of primary amides is 1. The predicted molar refractivity (Wildman–Crippen MR) is 86.2 cm³/mol. The van der Waals surface area contributed by atoms with Crippen LogP contribution in [0, 0.1) is 6.92 Å². The Bertz CT molecular complexity index is 601. The summed E-state index contributed by atoms with van der Waals surface area (Å²) in [4.78, 5) is 35.5. The van der Waals surface area contributed by atoms with Gasteiger partial charge in [0.25, 0.3) is 5.91 Å². The first-order chi connectivity index (χ1) is 10.7. The molecule has 23 heavy (non-hydrogen) atoms. The fraction of sp³-hybridized carbons (Fsp3) is 0.400. The lowest BCUT2D eigenvalue weighted by Crippen LogP contribution is -2.43. The first-order valence-electron chi connectivity index (χ1n) is 7.01. The highest BCUT2D eigenvalue weighted by molar-refractivity contribution is 5.97. The van der Waals surface area contributed by atoms with Gasteiger partial charge in [0.2, 0.25) is 5.91 Å². The Morgan fingerprint density at radius 1 is 1.30 bits per heavy atom. The largest absolute Gasteiger partial charge is 0.482 e. The van der Waals surface area contributed by atoms with Gasteiger partial charge in [-0.25, -0.2) is 4.79 Å². The molecule has 4 N–H and O–H groups in total. The van der Waals surface area contributed by atoms with Gasteiger partial charge in [-0.05, 0) is 31.5 Å². The third kappa shape index (κ3) is 5.85. The van der Waals surface area contributed by atoms with Gasteiger partial charge >= 0.3 is 6.03 Å². The van der Waals surface area contributed by atoms with Gasteiger partial charge < -0.3 is 20.7 Å². The van der Waals surface area contributed by atoms with E-state index in [0.29, 0.717) is 11.4 Å². The van der Waals surface area contributed by atoms with Crippen molar-refractivity contribution in [1.82, 2.24) is 10.2 Å². The van der Waals surface area contributed by atoms with Gasteiger partial charge in [0.05, 0.1) is 5.69 Å². The van der Waals surface area contributed by atoms with Crippen molar-refractivity contribution in [2.45, 2.75) is 19.9 Å². The molecule has 0 aliphatic heterocycles. The van der Waals surface area contributed by atoms with Crippen molar-refractivity contribution >= 4 is 23.5 Å². The molecule has 0 aliphatic carbocycles. The molecule has 8 nitrogen and oxygen atoms in total. The third-order valence-corrected chi connectivity index (χ3v) is 3.00. The number of aryl methyl sites for hydroxylation is 1.